The Hall–Kier alpha value is -2.54. The second-order valence-corrected chi connectivity index (χ2v) is 6.31. The predicted molar refractivity (Wildman–Crippen MR) is 92.1 cm³/mol. The van der Waals surface area contributed by atoms with Crippen LogP contribution in [0, 0.1) is 6.92 Å². The van der Waals surface area contributed by atoms with Gasteiger partial charge in [0, 0.05) is 0 Å². The Balaban J connectivity index is 1.63. The van der Waals surface area contributed by atoms with E-state index in [0.29, 0.717) is 5.16 Å². The van der Waals surface area contributed by atoms with E-state index in [2.05, 4.69) is 15.5 Å². The number of hydrogen-bond acceptors (Lipinski definition) is 5. The minimum absolute atomic E-state index is 0.0803. The summed E-state index contributed by atoms with van der Waals surface area (Å²) in [6, 6.07) is 11.5. The highest BCUT2D eigenvalue weighted by Crippen LogP contribution is 2.22. The van der Waals surface area contributed by atoms with Gasteiger partial charge >= 0.3 is 0 Å². The van der Waals surface area contributed by atoms with E-state index in [-0.39, 0.29) is 17.7 Å². The van der Waals surface area contributed by atoms with Crippen molar-refractivity contribution in [2.75, 3.05) is 5.75 Å². The molecule has 0 aliphatic heterocycles. The van der Waals surface area contributed by atoms with Gasteiger partial charge < -0.3 is 9.73 Å². The maximum Gasteiger partial charge on any atom is 0.231 e. The average Bonchev–Trinajstić information content (AvgIpc) is 3.25. The monoisotopic (exact) mass is 342 g/mol. The molecular weight excluding hydrogens is 324 g/mol. The van der Waals surface area contributed by atoms with Crippen molar-refractivity contribution in [2.24, 2.45) is 0 Å². The number of carbonyl (C=O) groups is 1. The molecule has 2 heterocycles. The first kappa shape index (κ1) is 16.3. The Morgan fingerprint density at radius 1 is 1.33 bits per heavy atom. The Morgan fingerprint density at radius 2 is 2.17 bits per heavy atom. The Labute approximate surface area is 144 Å². The molecule has 0 radical (unpaired) electrons. The number of aromatic nitrogens is 3. The van der Waals surface area contributed by atoms with E-state index >= 15 is 0 Å². The molecule has 1 N–H and O–H groups in total. The summed E-state index contributed by atoms with van der Waals surface area (Å²) in [4.78, 5) is 12.1. The topological polar surface area (TPSA) is 73.0 Å². The second kappa shape index (κ2) is 7.35. The Morgan fingerprint density at radius 3 is 2.92 bits per heavy atom. The van der Waals surface area contributed by atoms with Crippen LogP contribution in [0.5, 0.6) is 0 Å². The van der Waals surface area contributed by atoms with Crippen LogP contribution in [-0.2, 0) is 4.79 Å². The summed E-state index contributed by atoms with van der Waals surface area (Å²) in [6.45, 7) is 3.92. The number of amides is 1. The van der Waals surface area contributed by atoms with Gasteiger partial charge in [-0.2, -0.15) is 0 Å². The number of benzene rings is 1. The van der Waals surface area contributed by atoms with Crippen LogP contribution in [0.15, 0.2) is 58.6 Å². The zero-order valence-electron chi connectivity index (χ0n) is 13.5. The van der Waals surface area contributed by atoms with Gasteiger partial charge in [0.15, 0.2) is 5.16 Å². The molecule has 24 heavy (non-hydrogen) atoms. The van der Waals surface area contributed by atoms with E-state index in [9.17, 15) is 4.79 Å². The van der Waals surface area contributed by atoms with Crippen molar-refractivity contribution in [3.63, 3.8) is 0 Å². The molecule has 0 saturated carbocycles. The summed E-state index contributed by atoms with van der Waals surface area (Å²) >= 11 is 1.35. The predicted octanol–water partition coefficient (Wildman–Crippen LogP) is 3.14. The van der Waals surface area contributed by atoms with Crippen LogP contribution >= 0.6 is 11.8 Å². The summed E-state index contributed by atoms with van der Waals surface area (Å²) in [6.07, 6.45) is 3.26. The number of para-hydroxylation sites is 1. The molecule has 1 aromatic carbocycles. The molecule has 2 aromatic heterocycles. The molecule has 7 heteroatoms. The quantitative estimate of drug-likeness (QED) is 0.697. The van der Waals surface area contributed by atoms with E-state index in [1.807, 2.05) is 48.7 Å². The van der Waals surface area contributed by atoms with Crippen molar-refractivity contribution in [2.45, 2.75) is 25.0 Å². The van der Waals surface area contributed by atoms with E-state index < -0.39 is 0 Å². The molecule has 0 aliphatic rings. The number of furan rings is 1. The molecule has 0 unspecified atom stereocenters. The molecule has 0 spiro atoms. The molecule has 0 saturated heterocycles. The lowest BCUT2D eigenvalue weighted by molar-refractivity contribution is -0.119. The molecule has 1 amide bonds. The Kier molecular flexibility index (Phi) is 5.00. The standard InChI is InChI=1S/C17H18N4O2S/c1-12-6-3-4-7-14(12)21-11-18-20-17(21)24-10-16(22)19-13(2)15-8-5-9-23-15/h3-9,11,13H,10H2,1-2H3,(H,19,22)/t13-/m1/s1. The summed E-state index contributed by atoms with van der Waals surface area (Å²) in [5.74, 6) is 0.912. The number of carbonyl (C=O) groups excluding carboxylic acids is 1. The highest BCUT2D eigenvalue weighted by molar-refractivity contribution is 7.99. The van der Waals surface area contributed by atoms with E-state index in [4.69, 9.17) is 4.42 Å². The highest BCUT2D eigenvalue weighted by atomic mass is 32.2. The van der Waals surface area contributed by atoms with Gasteiger partial charge in [0.2, 0.25) is 5.91 Å². The van der Waals surface area contributed by atoms with Crippen molar-refractivity contribution in [1.29, 1.82) is 0 Å². The summed E-state index contributed by atoms with van der Waals surface area (Å²) in [5, 5.41) is 11.7. The lowest BCUT2D eigenvalue weighted by Gasteiger charge is -2.12. The lowest BCUT2D eigenvalue weighted by Crippen LogP contribution is -2.28. The van der Waals surface area contributed by atoms with Gasteiger partial charge in [0.05, 0.1) is 23.7 Å². The molecule has 0 aliphatic carbocycles. The fourth-order valence-electron chi connectivity index (χ4n) is 2.34. The minimum Gasteiger partial charge on any atom is -0.467 e. The third-order valence-corrected chi connectivity index (χ3v) is 4.51. The van der Waals surface area contributed by atoms with Crippen LogP contribution in [0.1, 0.15) is 24.3 Å². The molecule has 3 rings (SSSR count). The SMILES string of the molecule is Cc1ccccc1-n1cnnc1SCC(=O)N[C@H](C)c1ccco1. The van der Waals surface area contributed by atoms with Crippen molar-refractivity contribution in [3.05, 3.63) is 60.3 Å². The van der Waals surface area contributed by atoms with Gasteiger partial charge in [-0.1, -0.05) is 30.0 Å². The number of thioether (sulfide) groups is 1. The normalized spacial score (nSPS) is 12.1. The van der Waals surface area contributed by atoms with Crippen LogP contribution in [-0.4, -0.2) is 26.4 Å². The van der Waals surface area contributed by atoms with Crippen LogP contribution in [0.2, 0.25) is 0 Å². The smallest absolute Gasteiger partial charge is 0.231 e. The zero-order valence-corrected chi connectivity index (χ0v) is 14.3. The Bertz CT molecular complexity index is 814. The summed E-state index contributed by atoms with van der Waals surface area (Å²) in [5.41, 5.74) is 2.13. The van der Waals surface area contributed by atoms with Crippen molar-refractivity contribution < 1.29 is 9.21 Å². The third kappa shape index (κ3) is 3.68. The van der Waals surface area contributed by atoms with Crippen LogP contribution < -0.4 is 5.32 Å². The van der Waals surface area contributed by atoms with Crippen molar-refractivity contribution >= 4 is 17.7 Å². The van der Waals surface area contributed by atoms with Crippen molar-refractivity contribution in [1.82, 2.24) is 20.1 Å². The summed E-state index contributed by atoms with van der Waals surface area (Å²) < 4.78 is 7.18. The maximum absolute atomic E-state index is 12.1. The molecule has 3 aromatic rings. The van der Waals surface area contributed by atoms with Crippen LogP contribution in [0.3, 0.4) is 0 Å². The number of rotatable bonds is 6. The molecule has 0 bridgehead atoms. The number of nitrogens with one attached hydrogen (secondary N) is 1. The average molecular weight is 342 g/mol. The third-order valence-electron chi connectivity index (χ3n) is 3.57. The van der Waals surface area contributed by atoms with Crippen molar-refractivity contribution in [3.8, 4) is 5.69 Å². The van der Waals surface area contributed by atoms with Crippen LogP contribution in [0.4, 0.5) is 0 Å². The fourth-order valence-corrected chi connectivity index (χ4v) is 3.08. The first-order valence-corrected chi connectivity index (χ1v) is 8.55. The maximum atomic E-state index is 12.1. The first-order chi connectivity index (χ1) is 11.6. The van der Waals surface area contributed by atoms with E-state index in [1.54, 1.807) is 18.7 Å². The van der Waals surface area contributed by atoms with Gasteiger partial charge in [0.1, 0.15) is 12.1 Å². The van der Waals surface area contributed by atoms with Crippen LogP contribution in [0.25, 0.3) is 5.69 Å². The van der Waals surface area contributed by atoms with Gasteiger partial charge in [-0.15, -0.1) is 10.2 Å². The van der Waals surface area contributed by atoms with E-state index in [1.165, 1.54) is 11.8 Å². The summed E-state index contributed by atoms with van der Waals surface area (Å²) in [7, 11) is 0. The number of hydrogen-bond donors (Lipinski definition) is 1. The molecule has 6 nitrogen and oxygen atoms in total. The minimum atomic E-state index is -0.165. The zero-order chi connectivity index (χ0) is 16.9. The fraction of sp³-hybridized carbons (Fsp3) is 0.235. The molecule has 0 fully saturated rings. The van der Waals surface area contributed by atoms with Gasteiger partial charge in [-0.3, -0.25) is 9.36 Å². The van der Waals surface area contributed by atoms with E-state index in [0.717, 1.165) is 17.0 Å². The lowest BCUT2D eigenvalue weighted by atomic mass is 10.2. The molecule has 1 atom stereocenters. The highest BCUT2D eigenvalue weighted by Gasteiger charge is 2.14. The molecular formula is C17H18N4O2S. The van der Waals surface area contributed by atoms with Gasteiger partial charge in [-0.05, 0) is 37.6 Å². The molecule has 124 valence electrons. The van der Waals surface area contributed by atoms with Gasteiger partial charge in [0.25, 0.3) is 0 Å². The number of aryl methyl sites for hydroxylation is 1. The number of nitrogens with zero attached hydrogens (tertiary/aromatic N) is 3. The first-order valence-electron chi connectivity index (χ1n) is 7.56. The van der Waals surface area contributed by atoms with Gasteiger partial charge in [-0.25, -0.2) is 0 Å². The largest absolute Gasteiger partial charge is 0.467 e. The second-order valence-electron chi connectivity index (χ2n) is 5.36.